The van der Waals surface area contributed by atoms with Crippen LogP contribution < -0.4 is 4.90 Å². The molecule has 0 radical (unpaired) electrons. The standard InChI is InChI=1S/C35H26Cl2N2O5/c1-17-27(37)13-12-25-26(35(43)44-18(2)32(40)22-4-3-5-23(36)15-22)16-28(38-31(17)25)19-8-10-24(11-9-19)39-33(41)29-20-6-7-21(14-20)30(29)34(39)42/h3-13,15-16,18,20-21,29-30H,14H2,1-2H3. The predicted molar refractivity (Wildman–Crippen MR) is 168 cm³/mol. The van der Waals surface area contributed by atoms with Crippen LogP contribution in [0.15, 0.2) is 78.9 Å². The highest BCUT2D eigenvalue weighted by Gasteiger charge is 2.59. The molecule has 1 saturated carbocycles. The van der Waals surface area contributed by atoms with Crippen molar-refractivity contribution in [2.24, 2.45) is 23.7 Å². The van der Waals surface area contributed by atoms with E-state index >= 15 is 0 Å². The lowest BCUT2D eigenvalue weighted by Crippen LogP contribution is -2.32. The van der Waals surface area contributed by atoms with E-state index in [1.807, 2.05) is 6.92 Å². The fourth-order valence-electron chi connectivity index (χ4n) is 6.81. The number of aromatic nitrogens is 1. The highest BCUT2D eigenvalue weighted by Crippen LogP contribution is 2.53. The molecule has 2 aliphatic carbocycles. The number of amides is 2. The molecule has 220 valence electrons. The summed E-state index contributed by atoms with van der Waals surface area (Å²) in [5.41, 5.74) is 3.39. The van der Waals surface area contributed by atoms with E-state index in [2.05, 4.69) is 12.2 Å². The van der Waals surface area contributed by atoms with Crippen LogP contribution in [0, 0.1) is 30.6 Å². The number of ketones is 1. The van der Waals surface area contributed by atoms with Crippen LogP contribution in [0.1, 0.15) is 39.6 Å². The first-order valence-electron chi connectivity index (χ1n) is 14.4. The molecule has 4 aromatic rings. The second kappa shape index (κ2) is 10.7. The van der Waals surface area contributed by atoms with E-state index in [-0.39, 0.29) is 46.8 Å². The van der Waals surface area contributed by atoms with Crippen molar-refractivity contribution >= 4 is 63.4 Å². The monoisotopic (exact) mass is 624 g/mol. The molecule has 2 bridgehead atoms. The maximum absolute atomic E-state index is 13.6. The molecule has 3 aromatic carbocycles. The molecule has 7 rings (SSSR count). The van der Waals surface area contributed by atoms with Crippen LogP contribution in [-0.2, 0) is 14.3 Å². The number of anilines is 1. The van der Waals surface area contributed by atoms with Gasteiger partial charge >= 0.3 is 5.97 Å². The number of aryl methyl sites for hydroxylation is 1. The summed E-state index contributed by atoms with van der Waals surface area (Å²) in [6, 6.07) is 18.5. The molecular weight excluding hydrogens is 599 g/mol. The number of imide groups is 1. The molecule has 0 spiro atoms. The van der Waals surface area contributed by atoms with Gasteiger partial charge in [-0.3, -0.25) is 19.3 Å². The molecule has 2 amide bonds. The van der Waals surface area contributed by atoms with Crippen LogP contribution in [0.4, 0.5) is 5.69 Å². The third-order valence-electron chi connectivity index (χ3n) is 9.04. The smallest absolute Gasteiger partial charge is 0.339 e. The normalized spacial score (nSPS) is 22.5. The number of allylic oxidation sites excluding steroid dienone is 2. The van der Waals surface area contributed by atoms with Gasteiger partial charge in [-0.15, -0.1) is 0 Å². The number of hydrogen-bond acceptors (Lipinski definition) is 6. The molecule has 2 heterocycles. The highest BCUT2D eigenvalue weighted by molar-refractivity contribution is 6.32. The van der Waals surface area contributed by atoms with Crippen molar-refractivity contribution in [2.45, 2.75) is 26.4 Å². The Morgan fingerprint density at radius 2 is 1.61 bits per heavy atom. The number of rotatable bonds is 6. The number of pyridine rings is 1. The molecule has 2 fully saturated rings. The predicted octanol–water partition coefficient (Wildman–Crippen LogP) is 7.26. The minimum Gasteiger partial charge on any atom is -0.451 e. The Morgan fingerprint density at radius 3 is 2.27 bits per heavy atom. The van der Waals surface area contributed by atoms with E-state index < -0.39 is 12.1 Å². The van der Waals surface area contributed by atoms with E-state index in [9.17, 15) is 19.2 Å². The van der Waals surface area contributed by atoms with Gasteiger partial charge in [0.25, 0.3) is 0 Å². The number of ether oxygens (including phenoxy) is 1. The summed E-state index contributed by atoms with van der Waals surface area (Å²) in [5, 5.41) is 1.42. The fraction of sp³-hybridized carbons (Fsp3) is 0.229. The number of halogens is 2. The molecule has 1 saturated heterocycles. The summed E-state index contributed by atoms with van der Waals surface area (Å²) in [7, 11) is 0. The number of carbonyl (C=O) groups excluding carboxylic acids is 4. The minimum absolute atomic E-state index is 0.129. The largest absolute Gasteiger partial charge is 0.451 e. The molecular formula is C35H26Cl2N2O5. The Bertz CT molecular complexity index is 1910. The lowest BCUT2D eigenvalue weighted by atomic mass is 9.85. The summed E-state index contributed by atoms with van der Waals surface area (Å²) < 4.78 is 5.65. The molecule has 1 aliphatic heterocycles. The number of fused-ring (bicyclic) bond motifs is 6. The van der Waals surface area contributed by atoms with Crippen molar-refractivity contribution < 1.29 is 23.9 Å². The van der Waals surface area contributed by atoms with Crippen LogP contribution in [0.2, 0.25) is 10.0 Å². The van der Waals surface area contributed by atoms with Crippen LogP contribution in [0.5, 0.6) is 0 Å². The third kappa shape index (κ3) is 4.54. The zero-order chi connectivity index (χ0) is 30.9. The van der Waals surface area contributed by atoms with Gasteiger partial charge in [-0.2, -0.15) is 0 Å². The van der Waals surface area contributed by atoms with Crippen LogP contribution in [0.25, 0.3) is 22.2 Å². The maximum Gasteiger partial charge on any atom is 0.339 e. The average molecular weight is 626 g/mol. The second-order valence-electron chi connectivity index (χ2n) is 11.6. The third-order valence-corrected chi connectivity index (χ3v) is 9.69. The zero-order valence-electron chi connectivity index (χ0n) is 23.8. The topological polar surface area (TPSA) is 93.6 Å². The van der Waals surface area contributed by atoms with Crippen molar-refractivity contribution in [3.8, 4) is 11.3 Å². The summed E-state index contributed by atoms with van der Waals surface area (Å²) in [4.78, 5) is 59.2. The molecule has 9 heteroatoms. The lowest BCUT2D eigenvalue weighted by Gasteiger charge is -2.18. The molecule has 3 aliphatic rings. The van der Waals surface area contributed by atoms with Gasteiger partial charge in [0.1, 0.15) is 0 Å². The number of esters is 1. The van der Waals surface area contributed by atoms with E-state index in [1.54, 1.807) is 60.7 Å². The zero-order valence-corrected chi connectivity index (χ0v) is 25.3. The first-order valence-corrected chi connectivity index (χ1v) is 15.1. The number of carbonyl (C=O) groups is 4. The van der Waals surface area contributed by atoms with Gasteiger partial charge in [0.2, 0.25) is 17.6 Å². The van der Waals surface area contributed by atoms with E-state index in [0.717, 1.165) is 6.42 Å². The molecule has 5 atom stereocenters. The first kappa shape index (κ1) is 28.4. The molecule has 0 N–H and O–H groups in total. The maximum atomic E-state index is 13.6. The van der Waals surface area contributed by atoms with E-state index in [0.29, 0.717) is 49.0 Å². The van der Waals surface area contributed by atoms with Crippen molar-refractivity contribution in [3.05, 3.63) is 106 Å². The van der Waals surface area contributed by atoms with Gasteiger partial charge in [-0.05, 0) is 74.1 Å². The number of Topliss-reactive ketones (excluding diaryl/α,β-unsaturated/α-hetero) is 1. The SMILES string of the molecule is Cc1c(Cl)ccc2c(C(=O)OC(C)C(=O)c3cccc(Cl)c3)cc(-c3ccc(N4C(=O)C5C6C=CC(C6)C5C4=O)cc3)nc12. The summed E-state index contributed by atoms with van der Waals surface area (Å²) in [6.45, 7) is 3.33. The summed E-state index contributed by atoms with van der Waals surface area (Å²) >= 11 is 12.5. The van der Waals surface area contributed by atoms with Gasteiger partial charge in [-0.1, -0.05) is 65.7 Å². The van der Waals surface area contributed by atoms with E-state index in [4.69, 9.17) is 32.9 Å². The number of benzene rings is 3. The first-order chi connectivity index (χ1) is 21.1. The Kier molecular flexibility index (Phi) is 6.91. The van der Waals surface area contributed by atoms with Crippen LogP contribution >= 0.6 is 23.2 Å². The Hall–Kier alpha value is -4.33. The lowest BCUT2D eigenvalue weighted by molar-refractivity contribution is -0.123. The van der Waals surface area contributed by atoms with Crippen LogP contribution in [0.3, 0.4) is 0 Å². The van der Waals surface area contributed by atoms with Gasteiger partial charge < -0.3 is 4.74 Å². The number of hydrogen-bond donors (Lipinski definition) is 0. The molecule has 7 nitrogen and oxygen atoms in total. The number of nitrogens with zero attached hydrogens (tertiary/aromatic N) is 2. The van der Waals surface area contributed by atoms with Crippen LogP contribution in [-0.4, -0.2) is 34.7 Å². The highest BCUT2D eigenvalue weighted by atomic mass is 35.5. The summed E-state index contributed by atoms with van der Waals surface area (Å²) in [6.07, 6.45) is 3.94. The quantitative estimate of drug-likeness (QED) is 0.0970. The van der Waals surface area contributed by atoms with Gasteiger partial charge in [0.15, 0.2) is 6.10 Å². The van der Waals surface area contributed by atoms with Gasteiger partial charge in [0.05, 0.1) is 34.3 Å². The minimum atomic E-state index is -1.07. The Balaban J connectivity index is 1.21. The fourth-order valence-corrected chi connectivity index (χ4v) is 7.16. The summed E-state index contributed by atoms with van der Waals surface area (Å²) in [5.74, 6) is -1.68. The van der Waals surface area contributed by atoms with Crippen molar-refractivity contribution in [1.29, 1.82) is 0 Å². The molecule has 5 unspecified atom stereocenters. The molecule has 1 aromatic heterocycles. The Morgan fingerprint density at radius 1 is 0.932 bits per heavy atom. The Labute approximate surface area is 263 Å². The van der Waals surface area contributed by atoms with Crippen molar-refractivity contribution in [2.75, 3.05) is 4.90 Å². The van der Waals surface area contributed by atoms with Gasteiger partial charge in [0, 0.05) is 26.6 Å². The van der Waals surface area contributed by atoms with Gasteiger partial charge in [-0.25, -0.2) is 9.78 Å². The molecule has 44 heavy (non-hydrogen) atoms. The van der Waals surface area contributed by atoms with Crippen molar-refractivity contribution in [1.82, 2.24) is 4.98 Å². The van der Waals surface area contributed by atoms with E-state index in [1.165, 1.54) is 17.9 Å². The average Bonchev–Trinajstić information content (AvgIpc) is 3.71. The second-order valence-corrected chi connectivity index (χ2v) is 12.4. The van der Waals surface area contributed by atoms with Crippen molar-refractivity contribution in [3.63, 3.8) is 0 Å².